The summed E-state index contributed by atoms with van der Waals surface area (Å²) in [4.78, 5) is 30.3. The molecule has 1 aromatic heterocycles. The second-order valence-corrected chi connectivity index (χ2v) is 4.49. The maximum absolute atomic E-state index is 11.3. The van der Waals surface area contributed by atoms with Crippen molar-refractivity contribution in [1.82, 2.24) is 9.97 Å². The molecule has 17 heavy (non-hydrogen) atoms. The molecule has 7 heteroatoms. The van der Waals surface area contributed by atoms with Gasteiger partial charge in [0.1, 0.15) is 5.02 Å². The summed E-state index contributed by atoms with van der Waals surface area (Å²) >= 11 is 5.85. The van der Waals surface area contributed by atoms with Gasteiger partial charge in [-0.05, 0) is 5.92 Å². The Morgan fingerprint density at radius 1 is 1.65 bits per heavy atom. The van der Waals surface area contributed by atoms with Crippen molar-refractivity contribution in [2.24, 2.45) is 11.7 Å². The molecule has 1 rings (SSSR count). The normalized spacial score (nSPS) is 10.6. The molecule has 0 atom stereocenters. The zero-order valence-corrected chi connectivity index (χ0v) is 10.5. The van der Waals surface area contributed by atoms with Gasteiger partial charge < -0.3 is 15.6 Å². The summed E-state index contributed by atoms with van der Waals surface area (Å²) in [7, 11) is 0. The first kappa shape index (κ1) is 13.5. The Labute approximate surface area is 104 Å². The fraction of sp³-hybridized carbons (Fsp3) is 0.500. The smallest absolute Gasteiger partial charge is 0.271 e. The monoisotopic (exact) mass is 258 g/mol. The van der Waals surface area contributed by atoms with Crippen LogP contribution in [0.2, 0.25) is 5.02 Å². The summed E-state index contributed by atoms with van der Waals surface area (Å²) in [6.45, 7) is 4.48. The third kappa shape index (κ3) is 3.74. The van der Waals surface area contributed by atoms with Crippen LogP contribution in [0, 0.1) is 5.92 Å². The molecule has 1 amide bonds. The van der Waals surface area contributed by atoms with Crippen molar-refractivity contribution in [3.8, 4) is 0 Å². The Morgan fingerprint density at radius 2 is 2.29 bits per heavy atom. The average Bonchev–Trinajstić information content (AvgIpc) is 2.19. The summed E-state index contributed by atoms with van der Waals surface area (Å²) in [6.07, 6.45) is 1.25. The van der Waals surface area contributed by atoms with Gasteiger partial charge in [-0.2, -0.15) is 0 Å². The van der Waals surface area contributed by atoms with Crippen LogP contribution in [0.5, 0.6) is 0 Å². The first-order chi connectivity index (χ1) is 7.91. The quantitative estimate of drug-likeness (QED) is 0.798. The van der Waals surface area contributed by atoms with Crippen LogP contribution in [0.15, 0.2) is 11.1 Å². The van der Waals surface area contributed by atoms with E-state index in [1.807, 2.05) is 13.8 Å². The van der Waals surface area contributed by atoms with E-state index in [1.54, 1.807) is 4.90 Å². The third-order valence-electron chi connectivity index (χ3n) is 2.01. The molecule has 0 spiro atoms. The van der Waals surface area contributed by atoms with Gasteiger partial charge in [-0.3, -0.25) is 9.59 Å². The molecule has 1 heterocycles. The van der Waals surface area contributed by atoms with E-state index in [0.29, 0.717) is 6.54 Å². The molecule has 3 N–H and O–H groups in total. The van der Waals surface area contributed by atoms with Crippen LogP contribution < -0.4 is 16.2 Å². The number of nitrogens with one attached hydrogen (secondary N) is 1. The number of halogens is 1. The molecule has 0 fully saturated rings. The molecule has 0 bridgehead atoms. The zero-order chi connectivity index (χ0) is 13.0. The number of carbonyl (C=O) groups excluding carboxylic acids is 1. The number of hydrogen-bond donors (Lipinski definition) is 2. The number of rotatable bonds is 5. The van der Waals surface area contributed by atoms with Crippen LogP contribution >= 0.6 is 11.6 Å². The van der Waals surface area contributed by atoms with Gasteiger partial charge in [0.05, 0.1) is 12.9 Å². The van der Waals surface area contributed by atoms with E-state index in [4.69, 9.17) is 17.3 Å². The Balaban J connectivity index is 3.07. The minimum absolute atomic E-state index is 0.0195. The maximum atomic E-state index is 11.3. The van der Waals surface area contributed by atoms with Crippen molar-refractivity contribution in [3.63, 3.8) is 0 Å². The minimum atomic E-state index is -0.496. The van der Waals surface area contributed by atoms with Crippen LogP contribution in [-0.4, -0.2) is 29.0 Å². The number of carbonyl (C=O) groups is 1. The number of hydrogen-bond acceptors (Lipinski definition) is 4. The maximum Gasteiger partial charge on any atom is 0.271 e. The van der Waals surface area contributed by atoms with Crippen molar-refractivity contribution in [1.29, 1.82) is 0 Å². The molecule has 0 saturated carbocycles. The van der Waals surface area contributed by atoms with Crippen LogP contribution in [0.4, 0.5) is 5.82 Å². The lowest BCUT2D eigenvalue weighted by molar-refractivity contribution is -0.116. The van der Waals surface area contributed by atoms with E-state index in [-0.39, 0.29) is 23.3 Å². The molecule has 0 unspecified atom stereocenters. The van der Waals surface area contributed by atoms with E-state index < -0.39 is 11.5 Å². The second-order valence-electron chi connectivity index (χ2n) is 4.11. The highest BCUT2D eigenvalue weighted by atomic mass is 35.5. The molecule has 0 saturated heterocycles. The Kier molecular flexibility index (Phi) is 4.51. The number of amides is 1. The zero-order valence-electron chi connectivity index (χ0n) is 9.74. The van der Waals surface area contributed by atoms with Crippen molar-refractivity contribution < 1.29 is 4.79 Å². The lowest BCUT2D eigenvalue weighted by Crippen LogP contribution is -2.37. The first-order valence-corrected chi connectivity index (χ1v) is 5.56. The molecule has 0 aliphatic heterocycles. The van der Waals surface area contributed by atoms with E-state index >= 15 is 0 Å². The van der Waals surface area contributed by atoms with Crippen molar-refractivity contribution >= 4 is 23.3 Å². The van der Waals surface area contributed by atoms with Crippen LogP contribution in [0.1, 0.15) is 13.8 Å². The highest BCUT2D eigenvalue weighted by Gasteiger charge is 2.17. The Hall–Kier alpha value is -1.56. The fourth-order valence-corrected chi connectivity index (χ4v) is 1.67. The Bertz CT molecular complexity index is 458. The number of H-pyrrole nitrogens is 1. The van der Waals surface area contributed by atoms with E-state index in [0.717, 1.165) is 0 Å². The number of nitrogens with two attached hydrogens (primary N) is 1. The second kappa shape index (κ2) is 5.67. The van der Waals surface area contributed by atoms with Gasteiger partial charge in [-0.15, -0.1) is 0 Å². The molecule has 0 aliphatic carbocycles. The lowest BCUT2D eigenvalue weighted by Gasteiger charge is -2.24. The third-order valence-corrected chi connectivity index (χ3v) is 2.35. The van der Waals surface area contributed by atoms with E-state index in [2.05, 4.69) is 9.97 Å². The van der Waals surface area contributed by atoms with Gasteiger partial charge in [0, 0.05) is 6.54 Å². The molecular weight excluding hydrogens is 244 g/mol. The van der Waals surface area contributed by atoms with Gasteiger partial charge in [0.2, 0.25) is 5.91 Å². The van der Waals surface area contributed by atoms with Crippen molar-refractivity contribution in [2.75, 3.05) is 18.0 Å². The number of aromatic amines is 1. The molecule has 0 aliphatic rings. The fourth-order valence-electron chi connectivity index (χ4n) is 1.45. The van der Waals surface area contributed by atoms with Crippen LogP contribution in [-0.2, 0) is 4.79 Å². The van der Waals surface area contributed by atoms with Crippen LogP contribution in [0.25, 0.3) is 0 Å². The molecular formula is C10H15ClN4O2. The van der Waals surface area contributed by atoms with E-state index in [1.165, 1.54) is 6.33 Å². The molecule has 94 valence electrons. The van der Waals surface area contributed by atoms with Gasteiger partial charge in [0.15, 0.2) is 5.82 Å². The molecule has 1 aromatic rings. The minimum Gasteiger partial charge on any atom is -0.368 e. The summed E-state index contributed by atoms with van der Waals surface area (Å²) in [5.41, 5.74) is 4.72. The number of aromatic nitrogens is 2. The summed E-state index contributed by atoms with van der Waals surface area (Å²) < 4.78 is 0. The summed E-state index contributed by atoms with van der Waals surface area (Å²) in [6, 6.07) is 0. The number of primary amides is 1. The standard InChI is InChI=1S/C10H15ClN4O2/c1-6(2)3-15(4-7(12)16)9-8(11)10(17)14-5-13-9/h5-6H,3-4H2,1-2H3,(H2,12,16)(H,13,14,17). The predicted octanol–water partition coefficient (Wildman–Crippen LogP) is 0.371. The topological polar surface area (TPSA) is 92.1 Å². The lowest BCUT2D eigenvalue weighted by atomic mass is 10.2. The highest BCUT2D eigenvalue weighted by Crippen LogP contribution is 2.18. The largest absolute Gasteiger partial charge is 0.368 e. The summed E-state index contributed by atoms with van der Waals surface area (Å²) in [5, 5.41) is -0.0330. The number of anilines is 1. The van der Waals surface area contributed by atoms with Gasteiger partial charge >= 0.3 is 0 Å². The van der Waals surface area contributed by atoms with E-state index in [9.17, 15) is 9.59 Å². The summed E-state index contributed by atoms with van der Waals surface area (Å²) in [5.74, 6) is 0.0678. The van der Waals surface area contributed by atoms with Gasteiger partial charge in [-0.25, -0.2) is 4.98 Å². The number of nitrogens with zero attached hydrogens (tertiary/aromatic N) is 2. The van der Waals surface area contributed by atoms with Crippen LogP contribution in [0.3, 0.4) is 0 Å². The van der Waals surface area contributed by atoms with Gasteiger partial charge in [0.25, 0.3) is 5.56 Å². The molecule has 0 radical (unpaired) electrons. The first-order valence-electron chi connectivity index (χ1n) is 5.18. The highest BCUT2D eigenvalue weighted by molar-refractivity contribution is 6.32. The SMILES string of the molecule is CC(C)CN(CC(N)=O)c1nc[nH]c(=O)c1Cl. The van der Waals surface area contributed by atoms with Gasteiger partial charge in [-0.1, -0.05) is 25.4 Å². The molecule has 0 aromatic carbocycles. The predicted molar refractivity (Wildman–Crippen MR) is 66.1 cm³/mol. The molecule has 6 nitrogen and oxygen atoms in total. The Morgan fingerprint density at radius 3 is 2.82 bits per heavy atom. The average molecular weight is 259 g/mol. The van der Waals surface area contributed by atoms with Crippen molar-refractivity contribution in [2.45, 2.75) is 13.8 Å². The van der Waals surface area contributed by atoms with Crippen molar-refractivity contribution in [3.05, 3.63) is 21.7 Å².